The van der Waals surface area contributed by atoms with Crippen molar-refractivity contribution < 1.29 is 4.79 Å². The van der Waals surface area contributed by atoms with Gasteiger partial charge in [0.25, 0.3) is 5.56 Å². The summed E-state index contributed by atoms with van der Waals surface area (Å²) < 4.78 is 1.38. The van der Waals surface area contributed by atoms with Gasteiger partial charge in [-0.05, 0) is 30.7 Å². The summed E-state index contributed by atoms with van der Waals surface area (Å²) in [6.07, 6.45) is 0. The van der Waals surface area contributed by atoms with Crippen molar-refractivity contribution >= 4 is 44.7 Å². The first-order valence-corrected chi connectivity index (χ1v) is 9.83. The van der Waals surface area contributed by atoms with Crippen molar-refractivity contribution in [1.29, 1.82) is 0 Å². The molecule has 0 aliphatic carbocycles. The van der Waals surface area contributed by atoms with Crippen LogP contribution in [0.25, 0.3) is 20.7 Å². The van der Waals surface area contributed by atoms with E-state index in [4.69, 9.17) is 11.6 Å². The van der Waals surface area contributed by atoms with Crippen LogP contribution in [-0.2, 0) is 11.3 Å². The van der Waals surface area contributed by atoms with Gasteiger partial charge in [-0.3, -0.25) is 14.2 Å². The van der Waals surface area contributed by atoms with Gasteiger partial charge in [-0.15, -0.1) is 11.3 Å². The molecule has 0 unspecified atom stereocenters. The Bertz CT molecular complexity index is 1230. The third-order valence-electron chi connectivity index (χ3n) is 4.35. The van der Waals surface area contributed by atoms with Crippen LogP contribution in [0, 0.1) is 6.92 Å². The molecule has 1 amide bonds. The van der Waals surface area contributed by atoms with Crippen molar-refractivity contribution in [1.82, 2.24) is 9.55 Å². The maximum atomic E-state index is 13.0. The Morgan fingerprint density at radius 3 is 2.61 bits per heavy atom. The van der Waals surface area contributed by atoms with Gasteiger partial charge in [0, 0.05) is 4.88 Å². The number of carbonyl (C=O) groups is 1. The Labute approximate surface area is 170 Å². The Hall–Kier alpha value is -2.96. The molecule has 0 spiro atoms. The highest BCUT2D eigenvalue weighted by atomic mass is 35.5. The fourth-order valence-corrected chi connectivity index (χ4v) is 4.20. The number of hydrogen-bond donors (Lipinski definition) is 1. The molecule has 0 saturated heterocycles. The Kier molecular flexibility index (Phi) is 4.98. The zero-order valence-corrected chi connectivity index (χ0v) is 16.6. The van der Waals surface area contributed by atoms with Crippen molar-refractivity contribution in [3.05, 3.63) is 81.9 Å². The van der Waals surface area contributed by atoms with E-state index in [0.717, 1.165) is 10.4 Å². The number of thiophene rings is 1. The van der Waals surface area contributed by atoms with Gasteiger partial charge < -0.3 is 5.32 Å². The lowest BCUT2D eigenvalue weighted by atomic mass is 10.2. The van der Waals surface area contributed by atoms with Gasteiger partial charge in [-0.25, -0.2) is 4.98 Å². The van der Waals surface area contributed by atoms with Gasteiger partial charge in [0.2, 0.25) is 5.91 Å². The molecule has 0 radical (unpaired) electrons. The molecule has 2 heterocycles. The van der Waals surface area contributed by atoms with E-state index in [0.29, 0.717) is 26.8 Å². The van der Waals surface area contributed by atoms with Crippen LogP contribution < -0.4 is 10.9 Å². The van der Waals surface area contributed by atoms with Crippen LogP contribution in [0.1, 0.15) is 5.82 Å². The van der Waals surface area contributed by atoms with Crippen LogP contribution in [-0.4, -0.2) is 15.5 Å². The average Bonchev–Trinajstić information content (AvgIpc) is 3.12. The summed E-state index contributed by atoms with van der Waals surface area (Å²) in [6, 6.07) is 18.7. The number of nitrogens with zero attached hydrogens (tertiary/aromatic N) is 2. The standard InChI is InChI=1S/C21H16ClN3O2S/c1-13-23-20-15(11-18(28-20)14-7-3-2-4-8-14)21(27)25(13)12-19(26)24-17-10-6-5-9-16(17)22/h2-11H,12H2,1H3,(H,24,26). The molecule has 0 fully saturated rings. The number of para-hydroxylation sites is 1. The number of benzene rings is 2. The number of nitrogens with one attached hydrogen (secondary N) is 1. The summed E-state index contributed by atoms with van der Waals surface area (Å²) in [6.45, 7) is 1.60. The second-order valence-corrected chi connectivity index (χ2v) is 7.71. The minimum Gasteiger partial charge on any atom is -0.323 e. The summed E-state index contributed by atoms with van der Waals surface area (Å²) in [7, 11) is 0. The van der Waals surface area contributed by atoms with Crippen molar-refractivity contribution in [2.45, 2.75) is 13.5 Å². The first-order chi connectivity index (χ1) is 13.5. The highest BCUT2D eigenvalue weighted by molar-refractivity contribution is 7.21. The predicted octanol–water partition coefficient (Wildman–Crippen LogP) is 4.73. The van der Waals surface area contributed by atoms with Crippen LogP contribution in [0.2, 0.25) is 5.02 Å². The molecule has 2 aromatic carbocycles. The molecule has 4 aromatic rings. The topological polar surface area (TPSA) is 64.0 Å². The summed E-state index contributed by atoms with van der Waals surface area (Å²) in [5.74, 6) is 0.159. The second-order valence-electron chi connectivity index (χ2n) is 6.27. The van der Waals surface area contributed by atoms with Gasteiger partial charge in [0.15, 0.2) is 0 Å². The molecule has 1 N–H and O–H groups in total. The molecule has 28 heavy (non-hydrogen) atoms. The van der Waals surface area contributed by atoms with Crippen molar-refractivity contribution in [3.8, 4) is 10.4 Å². The molecule has 0 bridgehead atoms. The van der Waals surface area contributed by atoms with Crippen LogP contribution in [0.15, 0.2) is 65.5 Å². The quantitative estimate of drug-likeness (QED) is 0.530. The number of fused-ring (bicyclic) bond motifs is 1. The van der Waals surface area contributed by atoms with E-state index in [2.05, 4.69) is 10.3 Å². The number of rotatable bonds is 4. The fourth-order valence-electron chi connectivity index (χ4n) is 2.94. The smallest absolute Gasteiger partial charge is 0.262 e. The van der Waals surface area contributed by atoms with Gasteiger partial charge in [0.1, 0.15) is 17.2 Å². The van der Waals surface area contributed by atoms with E-state index in [1.165, 1.54) is 15.9 Å². The minimum atomic E-state index is -0.335. The number of hydrogen-bond acceptors (Lipinski definition) is 4. The van der Waals surface area contributed by atoms with Gasteiger partial charge in [-0.2, -0.15) is 0 Å². The van der Waals surface area contributed by atoms with E-state index < -0.39 is 0 Å². The fraction of sp³-hybridized carbons (Fsp3) is 0.0952. The number of amides is 1. The monoisotopic (exact) mass is 409 g/mol. The van der Waals surface area contributed by atoms with Crippen LogP contribution in [0.5, 0.6) is 0 Å². The highest BCUT2D eigenvalue weighted by Crippen LogP contribution is 2.31. The molecule has 0 saturated carbocycles. The van der Waals surface area contributed by atoms with E-state index in [9.17, 15) is 9.59 Å². The summed E-state index contributed by atoms with van der Waals surface area (Å²) in [5, 5.41) is 3.69. The molecule has 4 rings (SSSR count). The van der Waals surface area contributed by atoms with Gasteiger partial charge in [-0.1, -0.05) is 54.1 Å². The minimum absolute atomic E-state index is 0.130. The molecular weight excluding hydrogens is 394 g/mol. The van der Waals surface area contributed by atoms with Gasteiger partial charge >= 0.3 is 0 Å². The van der Waals surface area contributed by atoms with E-state index in [1.807, 2.05) is 36.4 Å². The first-order valence-electron chi connectivity index (χ1n) is 8.64. The van der Waals surface area contributed by atoms with E-state index >= 15 is 0 Å². The van der Waals surface area contributed by atoms with Crippen molar-refractivity contribution in [3.63, 3.8) is 0 Å². The van der Waals surface area contributed by atoms with E-state index in [-0.39, 0.29) is 18.0 Å². The van der Waals surface area contributed by atoms with Crippen LogP contribution in [0.4, 0.5) is 5.69 Å². The highest BCUT2D eigenvalue weighted by Gasteiger charge is 2.15. The molecule has 7 heteroatoms. The summed E-state index contributed by atoms with van der Waals surface area (Å²) in [5.41, 5.74) is 1.32. The Balaban J connectivity index is 1.67. The molecule has 2 aromatic heterocycles. The lowest BCUT2D eigenvalue weighted by Gasteiger charge is -2.10. The maximum Gasteiger partial charge on any atom is 0.262 e. The van der Waals surface area contributed by atoms with Crippen molar-refractivity contribution in [2.24, 2.45) is 0 Å². The second kappa shape index (κ2) is 7.58. The molecule has 0 aliphatic heterocycles. The number of carbonyl (C=O) groups excluding carboxylic acids is 1. The number of anilines is 1. The molecule has 0 atom stereocenters. The zero-order chi connectivity index (χ0) is 19.7. The summed E-state index contributed by atoms with van der Waals surface area (Å²) in [4.78, 5) is 31.6. The molecule has 5 nitrogen and oxygen atoms in total. The SMILES string of the molecule is Cc1nc2sc(-c3ccccc3)cc2c(=O)n1CC(=O)Nc1ccccc1Cl. The molecular formula is C21H16ClN3O2S. The van der Waals surface area contributed by atoms with E-state index in [1.54, 1.807) is 31.2 Å². The van der Waals surface area contributed by atoms with Crippen molar-refractivity contribution in [2.75, 3.05) is 5.32 Å². The average molecular weight is 410 g/mol. The largest absolute Gasteiger partial charge is 0.323 e. The maximum absolute atomic E-state index is 13.0. The third-order valence-corrected chi connectivity index (χ3v) is 5.76. The normalized spacial score (nSPS) is 10.9. The zero-order valence-electron chi connectivity index (χ0n) is 15.0. The lowest BCUT2D eigenvalue weighted by Crippen LogP contribution is -2.29. The predicted molar refractivity (Wildman–Crippen MR) is 114 cm³/mol. The first kappa shape index (κ1) is 18.4. The summed E-state index contributed by atoms with van der Waals surface area (Å²) >= 11 is 7.55. The third kappa shape index (κ3) is 3.56. The number of aromatic nitrogens is 2. The Morgan fingerprint density at radius 2 is 1.86 bits per heavy atom. The molecule has 140 valence electrons. The lowest BCUT2D eigenvalue weighted by molar-refractivity contribution is -0.116. The van der Waals surface area contributed by atoms with Crippen LogP contribution >= 0.6 is 22.9 Å². The number of halogens is 1. The Morgan fingerprint density at radius 1 is 1.14 bits per heavy atom. The van der Waals surface area contributed by atoms with Crippen LogP contribution in [0.3, 0.4) is 0 Å². The molecule has 0 aliphatic rings. The number of aryl methyl sites for hydroxylation is 1. The van der Waals surface area contributed by atoms with Gasteiger partial charge in [0.05, 0.1) is 16.1 Å².